The second kappa shape index (κ2) is 9.47. The predicted molar refractivity (Wildman–Crippen MR) is 131 cm³/mol. The lowest BCUT2D eigenvalue weighted by Gasteiger charge is -2.42. The minimum Gasteiger partial charge on any atom is -0.352 e. The van der Waals surface area contributed by atoms with Crippen LogP contribution >= 0.6 is 23.2 Å². The minimum absolute atomic E-state index is 0.00463. The van der Waals surface area contributed by atoms with E-state index >= 15 is 0 Å². The smallest absolute Gasteiger partial charge is 0.251 e. The monoisotopic (exact) mass is 486 g/mol. The van der Waals surface area contributed by atoms with Crippen molar-refractivity contribution in [2.24, 2.45) is 17.3 Å². The standard InChI is InChI=1S/C26H28Cl2N2O3/c1-3-26-11-10-20(19-9-6-17(14-21(19)28)24(32)29-12-13-31)22(16-4-7-18(27)8-5-16)23(26)15(2)30-25(26)33/h4-8,13-15,19,23H,3,9-12H2,1-2H3,(H,29,32)(H,30,33)/t15-,19?,23+,26-/m1/s1. The fraction of sp³-hybridized carbons (Fsp3) is 0.423. The fourth-order valence-corrected chi connectivity index (χ4v) is 6.29. The number of carbonyl (C=O) groups is 3. The van der Waals surface area contributed by atoms with Gasteiger partial charge in [-0.3, -0.25) is 9.59 Å². The molecule has 4 atom stereocenters. The van der Waals surface area contributed by atoms with Crippen LogP contribution in [0.4, 0.5) is 0 Å². The summed E-state index contributed by atoms with van der Waals surface area (Å²) in [5.74, 6) is -0.200. The molecule has 4 rings (SSSR count). The molecule has 1 fully saturated rings. The third kappa shape index (κ3) is 4.17. The first kappa shape index (κ1) is 23.8. The molecule has 2 aliphatic carbocycles. The first-order valence-corrected chi connectivity index (χ1v) is 12.2. The molecular weight excluding hydrogens is 459 g/mol. The second-order valence-corrected chi connectivity index (χ2v) is 9.92. The van der Waals surface area contributed by atoms with Crippen LogP contribution in [0.25, 0.3) is 5.57 Å². The van der Waals surface area contributed by atoms with Gasteiger partial charge in [0.1, 0.15) is 6.29 Å². The molecule has 1 saturated heterocycles. The van der Waals surface area contributed by atoms with Gasteiger partial charge in [-0.05, 0) is 62.0 Å². The highest BCUT2D eigenvalue weighted by atomic mass is 35.5. The van der Waals surface area contributed by atoms with Crippen LogP contribution < -0.4 is 10.6 Å². The number of benzene rings is 1. The van der Waals surface area contributed by atoms with E-state index in [1.54, 1.807) is 6.08 Å². The van der Waals surface area contributed by atoms with Gasteiger partial charge in [-0.25, -0.2) is 0 Å². The molecule has 3 aliphatic rings. The zero-order chi connectivity index (χ0) is 23.8. The summed E-state index contributed by atoms with van der Waals surface area (Å²) in [6.07, 6.45) is 7.13. The number of amides is 2. The lowest BCUT2D eigenvalue weighted by molar-refractivity contribution is -0.129. The average Bonchev–Trinajstić information content (AvgIpc) is 3.07. The number of carbonyl (C=O) groups excluding carboxylic acids is 3. The Labute approximate surface area is 204 Å². The van der Waals surface area contributed by atoms with Crippen molar-refractivity contribution in [3.05, 3.63) is 63.2 Å². The van der Waals surface area contributed by atoms with Gasteiger partial charge in [0, 0.05) is 33.5 Å². The van der Waals surface area contributed by atoms with Gasteiger partial charge in [-0.2, -0.15) is 0 Å². The number of fused-ring (bicyclic) bond motifs is 1. The molecule has 0 radical (unpaired) electrons. The molecule has 1 unspecified atom stereocenters. The second-order valence-electron chi connectivity index (χ2n) is 9.05. The Bertz CT molecular complexity index is 1070. The van der Waals surface area contributed by atoms with E-state index in [9.17, 15) is 14.4 Å². The van der Waals surface area contributed by atoms with Gasteiger partial charge in [-0.15, -0.1) is 0 Å². The van der Waals surface area contributed by atoms with Crippen LogP contribution in [0.3, 0.4) is 0 Å². The van der Waals surface area contributed by atoms with Crippen molar-refractivity contribution in [2.45, 2.75) is 45.6 Å². The lowest BCUT2D eigenvalue weighted by atomic mass is 9.59. The summed E-state index contributed by atoms with van der Waals surface area (Å²) >= 11 is 13.0. The number of nitrogens with one attached hydrogen (secondary N) is 2. The van der Waals surface area contributed by atoms with E-state index in [0.717, 1.165) is 24.8 Å². The molecule has 5 nitrogen and oxygen atoms in total. The van der Waals surface area contributed by atoms with Gasteiger partial charge in [0.05, 0.1) is 12.0 Å². The maximum absolute atomic E-state index is 13.1. The summed E-state index contributed by atoms with van der Waals surface area (Å²) in [5, 5.41) is 7.02. The van der Waals surface area contributed by atoms with Crippen molar-refractivity contribution >= 4 is 46.9 Å². The molecule has 1 aliphatic heterocycles. The molecule has 1 heterocycles. The van der Waals surface area contributed by atoms with Crippen molar-refractivity contribution in [3.8, 4) is 0 Å². The van der Waals surface area contributed by atoms with E-state index < -0.39 is 5.41 Å². The molecule has 33 heavy (non-hydrogen) atoms. The molecule has 7 heteroatoms. The molecule has 1 aromatic rings. The topological polar surface area (TPSA) is 75.3 Å². The highest BCUT2D eigenvalue weighted by molar-refractivity contribution is 6.31. The molecule has 0 spiro atoms. The number of hydrogen-bond acceptors (Lipinski definition) is 3. The number of halogens is 2. The fourth-order valence-electron chi connectivity index (χ4n) is 5.82. The lowest BCUT2D eigenvalue weighted by Crippen LogP contribution is -2.39. The van der Waals surface area contributed by atoms with E-state index in [2.05, 4.69) is 24.5 Å². The zero-order valence-corrected chi connectivity index (χ0v) is 20.3. The number of hydrogen-bond donors (Lipinski definition) is 2. The van der Waals surface area contributed by atoms with Crippen LogP contribution in [0.1, 0.15) is 45.1 Å². The molecule has 0 bridgehead atoms. The normalized spacial score (nSPS) is 29.1. The van der Waals surface area contributed by atoms with E-state index in [1.807, 2.05) is 30.3 Å². The summed E-state index contributed by atoms with van der Waals surface area (Å²) in [4.78, 5) is 36.0. The molecule has 1 aromatic carbocycles. The average molecular weight is 487 g/mol. The number of aldehydes is 1. The van der Waals surface area contributed by atoms with Gasteiger partial charge in [-0.1, -0.05) is 53.9 Å². The summed E-state index contributed by atoms with van der Waals surface area (Å²) in [6, 6.07) is 7.81. The third-order valence-electron chi connectivity index (χ3n) is 7.42. The van der Waals surface area contributed by atoms with Gasteiger partial charge in [0.2, 0.25) is 5.91 Å². The van der Waals surface area contributed by atoms with E-state index in [4.69, 9.17) is 23.2 Å². The van der Waals surface area contributed by atoms with Crippen LogP contribution in [0.5, 0.6) is 0 Å². The van der Waals surface area contributed by atoms with Crippen molar-refractivity contribution in [1.29, 1.82) is 0 Å². The van der Waals surface area contributed by atoms with Crippen molar-refractivity contribution < 1.29 is 14.4 Å². The molecule has 0 aromatic heterocycles. The van der Waals surface area contributed by atoms with Gasteiger partial charge >= 0.3 is 0 Å². The van der Waals surface area contributed by atoms with Crippen LogP contribution in [-0.2, 0) is 14.4 Å². The maximum atomic E-state index is 13.1. The van der Waals surface area contributed by atoms with Crippen LogP contribution in [0.15, 0.2) is 52.6 Å². The molecule has 2 amide bonds. The van der Waals surface area contributed by atoms with E-state index in [0.29, 0.717) is 28.3 Å². The van der Waals surface area contributed by atoms with Gasteiger partial charge < -0.3 is 15.4 Å². The minimum atomic E-state index is -0.432. The Balaban J connectivity index is 1.79. The van der Waals surface area contributed by atoms with Gasteiger partial charge in [0.15, 0.2) is 0 Å². The Kier molecular flexibility index (Phi) is 6.83. The molecule has 174 valence electrons. The molecular formula is C26H28Cl2N2O3. The van der Waals surface area contributed by atoms with Crippen molar-refractivity contribution in [2.75, 3.05) is 6.54 Å². The summed E-state index contributed by atoms with van der Waals surface area (Å²) in [5.41, 5.74) is 3.49. The summed E-state index contributed by atoms with van der Waals surface area (Å²) in [7, 11) is 0. The molecule has 0 saturated carbocycles. The number of rotatable bonds is 6. The Hall–Kier alpha value is -2.37. The maximum Gasteiger partial charge on any atom is 0.251 e. The summed E-state index contributed by atoms with van der Waals surface area (Å²) < 4.78 is 0. The third-order valence-corrected chi connectivity index (χ3v) is 8.04. The van der Waals surface area contributed by atoms with Crippen molar-refractivity contribution in [3.63, 3.8) is 0 Å². The van der Waals surface area contributed by atoms with E-state index in [1.165, 1.54) is 11.1 Å². The molecule has 2 N–H and O–H groups in total. The quantitative estimate of drug-likeness (QED) is 0.566. The Morgan fingerprint density at radius 2 is 2.00 bits per heavy atom. The largest absolute Gasteiger partial charge is 0.352 e. The first-order chi connectivity index (χ1) is 15.8. The van der Waals surface area contributed by atoms with Crippen molar-refractivity contribution in [1.82, 2.24) is 10.6 Å². The zero-order valence-electron chi connectivity index (χ0n) is 18.8. The van der Waals surface area contributed by atoms with Crippen LogP contribution in [-0.4, -0.2) is 30.7 Å². The summed E-state index contributed by atoms with van der Waals surface area (Å²) in [6.45, 7) is 4.14. The highest BCUT2D eigenvalue weighted by Crippen LogP contribution is 2.57. The first-order valence-electron chi connectivity index (χ1n) is 11.4. The van der Waals surface area contributed by atoms with Crippen LogP contribution in [0, 0.1) is 17.3 Å². The number of allylic oxidation sites excluding steroid dienone is 3. The Morgan fingerprint density at radius 1 is 1.27 bits per heavy atom. The Morgan fingerprint density at radius 3 is 2.64 bits per heavy atom. The SMILES string of the molecule is CC[C@@]12CCC(C3CC=C(C(=O)NCC=O)C=C3Cl)=C(c3ccc(Cl)cc3)[C@@H]1[C@@H](C)NC2=O. The van der Waals surface area contributed by atoms with Crippen LogP contribution in [0.2, 0.25) is 5.02 Å². The van der Waals surface area contributed by atoms with E-state index in [-0.39, 0.29) is 36.2 Å². The highest BCUT2D eigenvalue weighted by Gasteiger charge is 2.56. The predicted octanol–water partition coefficient (Wildman–Crippen LogP) is 4.80. The van der Waals surface area contributed by atoms with Gasteiger partial charge in [0.25, 0.3) is 5.91 Å².